The summed E-state index contributed by atoms with van der Waals surface area (Å²) >= 11 is 0.964. The largest absolute Gasteiger partial charge is 0.481 e. The average Bonchev–Trinajstić information content (AvgIpc) is 2.90. The van der Waals surface area contributed by atoms with Gasteiger partial charge in [0.05, 0.1) is 12.3 Å². The van der Waals surface area contributed by atoms with E-state index in [0.29, 0.717) is 11.7 Å². The molecule has 0 radical (unpaired) electrons. The maximum atomic E-state index is 12.1. The Morgan fingerprint density at radius 3 is 2.57 bits per heavy atom. The molecule has 0 aliphatic carbocycles. The number of aromatic nitrogens is 4. The van der Waals surface area contributed by atoms with Crippen molar-refractivity contribution in [2.24, 2.45) is 0 Å². The van der Waals surface area contributed by atoms with Crippen molar-refractivity contribution in [2.75, 3.05) is 5.75 Å². The Labute approximate surface area is 133 Å². The molecule has 0 amide bonds. The molecule has 9 heteroatoms. The Kier molecular flexibility index (Phi) is 4.02. The maximum absolute atomic E-state index is 12.1. The minimum Gasteiger partial charge on any atom is -0.481 e. The van der Waals surface area contributed by atoms with E-state index in [1.165, 1.54) is 0 Å². The zero-order valence-electron chi connectivity index (χ0n) is 11.8. The molecular weight excluding hydrogens is 320 g/mol. The summed E-state index contributed by atoms with van der Waals surface area (Å²) in [5.41, 5.74) is 0.0283. The van der Waals surface area contributed by atoms with Crippen LogP contribution < -0.4 is 11.1 Å². The quantitative estimate of drug-likeness (QED) is 0.590. The summed E-state index contributed by atoms with van der Waals surface area (Å²) in [7, 11) is 0. The van der Waals surface area contributed by atoms with Gasteiger partial charge in [-0.1, -0.05) is 42.1 Å². The number of nitrogens with zero attached hydrogens (tertiary/aromatic N) is 2. The molecule has 3 rings (SSSR count). The van der Waals surface area contributed by atoms with E-state index in [0.717, 1.165) is 17.3 Å². The number of nitrogens with one attached hydrogen (secondary N) is 2. The van der Waals surface area contributed by atoms with Gasteiger partial charge in [-0.15, -0.1) is 0 Å². The zero-order valence-corrected chi connectivity index (χ0v) is 12.6. The molecular formula is C14H12N4O4S. The van der Waals surface area contributed by atoms with Crippen LogP contribution in [0.2, 0.25) is 0 Å². The third kappa shape index (κ3) is 3.04. The molecule has 8 nitrogen and oxygen atoms in total. The van der Waals surface area contributed by atoms with Crippen LogP contribution in [0.5, 0.6) is 0 Å². The van der Waals surface area contributed by atoms with Crippen molar-refractivity contribution >= 4 is 28.8 Å². The molecule has 0 fully saturated rings. The lowest BCUT2D eigenvalue weighted by Crippen LogP contribution is -2.21. The minimum atomic E-state index is -1.00. The van der Waals surface area contributed by atoms with Gasteiger partial charge >= 0.3 is 5.97 Å². The summed E-state index contributed by atoms with van der Waals surface area (Å²) in [5, 5.41) is 13.6. The fraction of sp³-hybridized carbons (Fsp3) is 0.143. The topological polar surface area (TPSA) is 121 Å². The Hall–Kier alpha value is -2.81. The Morgan fingerprint density at radius 1 is 1.17 bits per heavy atom. The minimum absolute atomic E-state index is 0.00225. The van der Waals surface area contributed by atoms with Crippen molar-refractivity contribution < 1.29 is 9.90 Å². The van der Waals surface area contributed by atoms with Crippen LogP contribution in [-0.4, -0.2) is 36.6 Å². The second kappa shape index (κ2) is 6.13. The van der Waals surface area contributed by atoms with E-state index in [9.17, 15) is 14.4 Å². The average molecular weight is 332 g/mol. The first-order valence-electron chi connectivity index (χ1n) is 6.66. The first-order chi connectivity index (χ1) is 11.1. The standard InChI is InChI=1S/C14H12N4O4S/c19-9(20)7-23-14-15-10-11(13(22)17-16-12(10)21)18(14)6-8-4-2-1-3-5-8/h1-5H,6-7H2,(H,16,21)(H,17,22)(H,19,20). The van der Waals surface area contributed by atoms with Gasteiger partial charge in [0, 0.05) is 0 Å². The Bertz CT molecular complexity index is 974. The summed E-state index contributed by atoms with van der Waals surface area (Å²) in [6, 6.07) is 9.33. The van der Waals surface area contributed by atoms with Crippen molar-refractivity contribution in [2.45, 2.75) is 11.7 Å². The number of hydrogen-bond acceptors (Lipinski definition) is 5. The predicted molar refractivity (Wildman–Crippen MR) is 84.9 cm³/mol. The highest BCUT2D eigenvalue weighted by Crippen LogP contribution is 2.21. The first-order valence-corrected chi connectivity index (χ1v) is 7.64. The van der Waals surface area contributed by atoms with E-state index < -0.39 is 17.1 Å². The van der Waals surface area contributed by atoms with Crippen LogP contribution in [-0.2, 0) is 11.3 Å². The second-order valence-corrected chi connectivity index (χ2v) is 5.70. The summed E-state index contributed by atoms with van der Waals surface area (Å²) in [4.78, 5) is 38.9. The number of benzene rings is 1. The van der Waals surface area contributed by atoms with E-state index in [1.54, 1.807) is 4.57 Å². The molecule has 0 saturated heterocycles. The third-order valence-corrected chi connectivity index (χ3v) is 4.12. The molecule has 0 atom stereocenters. The number of carbonyl (C=O) groups is 1. The van der Waals surface area contributed by atoms with E-state index >= 15 is 0 Å². The lowest BCUT2D eigenvalue weighted by molar-refractivity contribution is -0.133. The number of thioether (sulfide) groups is 1. The highest BCUT2D eigenvalue weighted by Gasteiger charge is 2.18. The van der Waals surface area contributed by atoms with E-state index in [1.807, 2.05) is 30.3 Å². The van der Waals surface area contributed by atoms with Crippen molar-refractivity contribution in [1.29, 1.82) is 0 Å². The number of fused-ring (bicyclic) bond motifs is 1. The molecule has 0 aliphatic heterocycles. The smallest absolute Gasteiger partial charge is 0.313 e. The van der Waals surface area contributed by atoms with E-state index in [4.69, 9.17) is 5.11 Å². The number of hydrogen-bond donors (Lipinski definition) is 3. The number of aromatic amines is 2. The van der Waals surface area contributed by atoms with Gasteiger partial charge in [-0.2, -0.15) is 0 Å². The SMILES string of the molecule is O=C(O)CSc1nc2c(=O)[nH][nH]c(=O)c2n1Cc1ccccc1. The fourth-order valence-electron chi connectivity index (χ4n) is 2.20. The van der Waals surface area contributed by atoms with Crippen molar-refractivity contribution in [3.63, 3.8) is 0 Å². The van der Waals surface area contributed by atoms with Gasteiger partial charge in [-0.05, 0) is 5.56 Å². The molecule has 2 aromatic heterocycles. The Morgan fingerprint density at radius 2 is 1.87 bits per heavy atom. The van der Waals surface area contributed by atoms with Crippen molar-refractivity contribution in [3.8, 4) is 0 Å². The van der Waals surface area contributed by atoms with Crippen LogP contribution in [0.15, 0.2) is 45.1 Å². The monoisotopic (exact) mass is 332 g/mol. The molecule has 0 spiro atoms. The van der Waals surface area contributed by atoms with Gasteiger partial charge in [-0.25, -0.2) is 4.98 Å². The van der Waals surface area contributed by atoms with Gasteiger partial charge in [0.25, 0.3) is 11.1 Å². The van der Waals surface area contributed by atoms with Gasteiger partial charge in [0.1, 0.15) is 5.52 Å². The number of aliphatic carboxylic acids is 1. The van der Waals surface area contributed by atoms with Crippen LogP contribution in [0.4, 0.5) is 0 Å². The maximum Gasteiger partial charge on any atom is 0.313 e. The molecule has 0 saturated carbocycles. The second-order valence-electron chi connectivity index (χ2n) is 4.75. The molecule has 0 unspecified atom stereocenters. The van der Waals surface area contributed by atoms with Crippen LogP contribution in [0, 0.1) is 0 Å². The lowest BCUT2D eigenvalue weighted by Gasteiger charge is -2.07. The van der Waals surface area contributed by atoms with Gasteiger partial charge in [-0.3, -0.25) is 24.6 Å². The molecule has 0 bridgehead atoms. The highest BCUT2D eigenvalue weighted by molar-refractivity contribution is 7.99. The van der Waals surface area contributed by atoms with Crippen LogP contribution in [0.25, 0.3) is 11.0 Å². The number of H-pyrrole nitrogens is 2. The molecule has 118 valence electrons. The molecule has 1 aromatic carbocycles. The third-order valence-electron chi connectivity index (χ3n) is 3.16. The zero-order chi connectivity index (χ0) is 16.4. The summed E-state index contributed by atoms with van der Waals surface area (Å²) in [5.74, 6) is -1.22. The van der Waals surface area contributed by atoms with Gasteiger partial charge < -0.3 is 9.67 Å². The predicted octanol–water partition coefficient (Wildman–Crippen LogP) is 0.638. The van der Waals surface area contributed by atoms with E-state index in [-0.39, 0.29) is 16.8 Å². The summed E-state index contributed by atoms with van der Waals surface area (Å²) in [6.07, 6.45) is 0. The normalized spacial score (nSPS) is 11.0. The fourth-order valence-corrected chi connectivity index (χ4v) is 2.92. The number of imidazole rings is 1. The molecule has 3 aromatic rings. The van der Waals surface area contributed by atoms with E-state index in [2.05, 4.69) is 15.2 Å². The van der Waals surface area contributed by atoms with Gasteiger partial charge in [0.15, 0.2) is 10.7 Å². The van der Waals surface area contributed by atoms with Crippen molar-refractivity contribution in [1.82, 2.24) is 19.7 Å². The first kappa shape index (κ1) is 15.1. The molecule has 0 aliphatic rings. The molecule has 2 heterocycles. The summed E-state index contributed by atoms with van der Waals surface area (Å²) < 4.78 is 1.56. The van der Waals surface area contributed by atoms with Crippen LogP contribution in [0.3, 0.4) is 0 Å². The lowest BCUT2D eigenvalue weighted by atomic mass is 10.2. The highest BCUT2D eigenvalue weighted by atomic mass is 32.2. The van der Waals surface area contributed by atoms with Crippen LogP contribution in [0.1, 0.15) is 5.56 Å². The Balaban J connectivity index is 2.16. The van der Waals surface area contributed by atoms with Gasteiger partial charge in [0.2, 0.25) is 0 Å². The van der Waals surface area contributed by atoms with Crippen LogP contribution >= 0.6 is 11.8 Å². The van der Waals surface area contributed by atoms with Crippen molar-refractivity contribution in [3.05, 3.63) is 56.6 Å². The summed E-state index contributed by atoms with van der Waals surface area (Å²) in [6.45, 7) is 0.311. The number of carboxylic acid groups (broad SMARTS) is 1. The molecule has 3 N–H and O–H groups in total. The molecule has 23 heavy (non-hydrogen) atoms. The number of carboxylic acids is 1. The number of rotatable bonds is 5.